The first-order valence-electron chi connectivity index (χ1n) is 9.23. The molecule has 0 aliphatic heterocycles. The third-order valence-electron chi connectivity index (χ3n) is 4.47. The molecule has 0 saturated carbocycles. The molecule has 0 N–H and O–H groups in total. The topological polar surface area (TPSA) is 38.8 Å². The molecule has 4 nitrogen and oxygen atoms in total. The Balaban J connectivity index is 1.89. The number of nitrogens with zero attached hydrogens (tertiary/aromatic N) is 1. The summed E-state index contributed by atoms with van der Waals surface area (Å²) in [7, 11) is 2.03. The Kier molecular flexibility index (Phi) is 6.90. The van der Waals surface area contributed by atoms with E-state index in [1.807, 2.05) is 46.0 Å². The van der Waals surface area contributed by atoms with Gasteiger partial charge in [0.1, 0.15) is 19.0 Å². The van der Waals surface area contributed by atoms with Crippen LogP contribution in [0.5, 0.6) is 0 Å². The second kappa shape index (κ2) is 8.93. The van der Waals surface area contributed by atoms with Crippen molar-refractivity contribution in [3.63, 3.8) is 0 Å². The van der Waals surface area contributed by atoms with Gasteiger partial charge in [0.05, 0.1) is 12.0 Å². The van der Waals surface area contributed by atoms with Gasteiger partial charge in [-0.2, -0.15) is 0 Å². The molecule has 1 aromatic carbocycles. The molecule has 0 fully saturated rings. The van der Waals surface area contributed by atoms with E-state index in [2.05, 4.69) is 30.0 Å². The third-order valence-corrected chi connectivity index (χ3v) is 4.47. The number of carbonyl (C=O) groups excluding carboxylic acids is 1. The van der Waals surface area contributed by atoms with Crippen molar-refractivity contribution in [2.45, 2.75) is 47.1 Å². The van der Waals surface area contributed by atoms with Crippen LogP contribution >= 0.6 is 0 Å². The van der Waals surface area contributed by atoms with E-state index in [1.54, 1.807) is 0 Å². The van der Waals surface area contributed by atoms with Crippen LogP contribution < -0.4 is 0 Å². The minimum Gasteiger partial charge on any atom is -0.489 e. The van der Waals surface area contributed by atoms with Crippen LogP contribution in [-0.4, -0.2) is 31.1 Å². The Morgan fingerprint density at radius 1 is 1.15 bits per heavy atom. The van der Waals surface area contributed by atoms with Crippen LogP contribution in [0.15, 0.2) is 53.4 Å². The van der Waals surface area contributed by atoms with E-state index in [0.717, 1.165) is 24.2 Å². The summed E-state index contributed by atoms with van der Waals surface area (Å²) in [4.78, 5) is 14.0. The maximum absolute atomic E-state index is 11.9. The number of esters is 1. The molecule has 0 unspecified atom stereocenters. The van der Waals surface area contributed by atoms with Crippen molar-refractivity contribution < 1.29 is 14.3 Å². The molecule has 0 amide bonds. The van der Waals surface area contributed by atoms with Crippen molar-refractivity contribution in [1.82, 2.24) is 4.90 Å². The van der Waals surface area contributed by atoms with Crippen molar-refractivity contribution in [2.75, 3.05) is 20.2 Å². The van der Waals surface area contributed by atoms with E-state index in [-0.39, 0.29) is 5.97 Å². The number of hydrogen-bond donors (Lipinski definition) is 0. The van der Waals surface area contributed by atoms with Crippen LogP contribution in [0.4, 0.5) is 0 Å². The lowest BCUT2D eigenvalue weighted by Gasteiger charge is -2.27. The smallest absolute Gasteiger partial charge is 0.311 e. The number of ether oxygens (including phenoxy) is 2. The molecule has 2 rings (SSSR count). The Labute approximate surface area is 157 Å². The minimum atomic E-state index is -0.457. The number of rotatable bonds is 7. The number of allylic oxidation sites excluding steroid dienone is 3. The van der Waals surface area contributed by atoms with Gasteiger partial charge >= 0.3 is 5.97 Å². The Morgan fingerprint density at radius 3 is 2.50 bits per heavy atom. The monoisotopic (exact) mass is 357 g/mol. The van der Waals surface area contributed by atoms with Crippen LogP contribution in [0.1, 0.15) is 46.1 Å². The van der Waals surface area contributed by atoms with Gasteiger partial charge < -0.3 is 14.4 Å². The normalized spacial score (nSPS) is 14.7. The molecular formula is C22H31NO3. The van der Waals surface area contributed by atoms with Crippen LogP contribution in [0.25, 0.3) is 0 Å². The fourth-order valence-corrected chi connectivity index (χ4v) is 2.62. The lowest BCUT2D eigenvalue weighted by atomic mass is 9.97. The Morgan fingerprint density at radius 2 is 1.85 bits per heavy atom. The molecule has 0 saturated heterocycles. The highest BCUT2D eigenvalue weighted by Crippen LogP contribution is 2.26. The fraction of sp³-hybridized carbons (Fsp3) is 0.500. The first-order chi connectivity index (χ1) is 12.3. The molecule has 1 aliphatic rings. The molecule has 1 aromatic rings. The van der Waals surface area contributed by atoms with E-state index >= 15 is 0 Å². The summed E-state index contributed by atoms with van der Waals surface area (Å²) in [5.41, 5.74) is 3.19. The third kappa shape index (κ3) is 5.94. The zero-order valence-corrected chi connectivity index (χ0v) is 16.7. The number of hydrogen-bond acceptors (Lipinski definition) is 4. The Bertz CT molecular complexity index is 668. The summed E-state index contributed by atoms with van der Waals surface area (Å²) < 4.78 is 11.4. The standard InChI is InChI=1S/C22H31NO3/c1-17-11-12-19(23(5)13-14-25-21(24)22(2,3)4)15-20(17)26-16-18-9-7-6-8-10-18/h6-10,15H,11-14,16H2,1-5H3. The molecule has 0 radical (unpaired) electrons. The van der Waals surface area contributed by atoms with Gasteiger partial charge in [-0.05, 0) is 57.7 Å². The summed E-state index contributed by atoms with van der Waals surface area (Å²) in [6, 6.07) is 10.2. The first kappa shape index (κ1) is 20.1. The average molecular weight is 357 g/mol. The summed E-state index contributed by atoms with van der Waals surface area (Å²) >= 11 is 0. The maximum atomic E-state index is 11.9. The van der Waals surface area contributed by atoms with Gasteiger partial charge in [0.15, 0.2) is 0 Å². The predicted molar refractivity (Wildman–Crippen MR) is 104 cm³/mol. The summed E-state index contributed by atoms with van der Waals surface area (Å²) in [6.07, 6.45) is 4.09. The summed E-state index contributed by atoms with van der Waals surface area (Å²) in [5, 5.41) is 0. The molecular weight excluding hydrogens is 326 g/mol. The van der Waals surface area contributed by atoms with Crippen molar-refractivity contribution in [3.8, 4) is 0 Å². The van der Waals surface area contributed by atoms with E-state index in [4.69, 9.17) is 9.47 Å². The molecule has 4 heteroatoms. The molecule has 0 atom stereocenters. The summed E-state index contributed by atoms with van der Waals surface area (Å²) in [5.74, 6) is 0.791. The van der Waals surface area contributed by atoms with Gasteiger partial charge in [0.25, 0.3) is 0 Å². The second-order valence-corrected chi connectivity index (χ2v) is 7.86. The van der Waals surface area contributed by atoms with Gasteiger partial charge in [-0.3, -0.25) is 4.79 Å². The lowest BCUT2D eigenvalue weighted by molar-refractivity contribution is -0.153. The molecule has 0 heterocycles. The molecule has 0 bridgehead atoms. The van der Waals surface area contributed by atoms with E-state index in [1.165, 1.54) is 11.3 Å². The van der Waals surface area contributed by atoms with Crippen LogP contribution in [0.3, 0.4) is 0 Å². The van der Waals surface area contributed by atoms with E-state index < -0.39 is 5.41 Å². The molecule has 26 heavy (non-hydrogen) atoms. The van der Waals surface area contributed by atoms with E-state index in [9.17, 15) is 4.79 Å². The lowest BCUT2D eigenvalue weighted by Crippen LogP contribution is -2.29. The molecule has 1 aliphatic carbocycles. The van der Waals surface area contributed by atoms with Gasteiger partial charge in [0.2, 0.25) is 0 Å². The zero-order chi connectivity index (χ0) is 19.2. The second-order valence-electron chi connectivity index (χ2n) is 7.86. The van der Waals surface area contributed by atoms with Crippen LogP contribution in [0.2, 0.25) is 0 Å². The molecule has 0 aromatic heterocycles. The highest BCUT2D eigenvalue weighted by molar-refractivity contribution is 5.75. The van der Waals surface area contributed by atoms with Crippen molar-refractivity contribution >= 4 is 5.97 Å². The Hall–Kier alpha value is -2.23. The SMILES string of the molecule is CC1=C(OCc2ccccc2)C=C(N(C)CCOC(=O)C(C)(C)C)CC1. The van der Waals surface area contributed by atoms with Gasteiger partial charge in [-0.25, -0.2) is 0 Å². The van der Waals surface area contributed by atoms with Crippen LogP contribution in [0, 0.1) is 5.41 Å². The zero-order valence-electron chi connectivity index (χ0n) is 16.7. The largest absolute Gasteiger partial charge is 0.489 e. The van der Waals surface area contributed by atoms with E-state index in [0.29, 0.717) is 19.8 Å². The highest BCUT2D eigenvalue weighted by atomic mass is 16.5. The fourth-order valence-electron chi connectivity index (χ4n) is 2.62. The maximum Gasteiger partial charge on any atom is 0.311 e. The van der Waals surface area contributed by atoms with Crippen molar-refractivity contribution in [1.29, 1.82) is 0 Å². The van der Waals surface area contributed by atoms with Gasteiger partial charge in [-0.1, -0.05) is 30.3 Å². The molecule has 0 spiro atoms. The van der Waals surface area contributed by atoms with Gasteiger partial charge in [-0.15, -0.1) is 0 Å². The molecule has 142 valence electrons. The average Bonchev–Trinajstić information content (AvgIpc) is 2.61. The quantitative estimate of drug-likeness (QED) is 0.665. The minimum absolute atomic E-state index is 0.161. The number of carbonyl (C=O) groups is 1. The summed E-state index contributed by atoms with van der Waals surface area (Å²) in [6.45, 7) is 9.38. The number of benzene rings is 1. The predicted octanol–water partition coefficient (Wildman–Crippen LogP) is 4.68. The first-order valence-corrected chi connectivity index (χ1v) is 9.23. The van der Waals surface area contributed by atoms with Gasteiger partial charge in [0, 0.05) is 12.7 Å². The number of likely N-dealkylation sites (N-methyl/N-ethyl adjacent to an activating group) is 1. The van der Waals surface area contributed by atoms with Crippen molar-refractivity contribution in [2.24, 2.45) is 5.41 Å². The van der Waals surface area contributed by atoms with Crippen LogP contribution in [-0.2, 0) is 20.9 Å². The highest BCUT2D eigenvalue weighted by Gasteiger charge is 2.23. The van der Waals surface area contributed by atoms with Crippen molar-refractivity contribution in [3.05, 3.63) is 59.0 Å².